The Morgan fingerprint density at radius 1 is 0.944 bits per heavy atom. The Bertz CT molecular complexity index is 204. The maximum absolute atomic E-state index is 4.04. The summed E-state index contributed by atoms with van der Waals surface area (Å²) in [6, 6.07) is 0. The quantitative estimate of drug-likeness (QED) is 0.460. The largest absolute Gasteiger partial charge is 0.0956 e. The fourth-order valence-electron chi connectivity index (χ4n) is 1.03. The van der Waals surface area contributed by atoms with E-state index in [0.29, 0.717) is 0 Å². The first-order valence-electron chi connectivity index (χ1n) is 7.61. The van der Waals surface area contributed by atoms with Crippen molar-refractivity contribution in [3.63, 3.8) is 0 Å². The summed E-state index contributed by atoms with van der Waals surface area (Å²) >= 11 is 0. The molecule has 0 aliphatic rings. The van der Waals surface area contributed by atoms with Crippen molar-refractivity contribution < 1.29 is 0 Å². The monoisotopic (exact) mass is 254 g/mol. The van der Waals surface area contributed by atoms with Crippen LogP contribution >= 0.6 is 0 Å². The molecule has 0 aromatic heterocycles. The maximum atomic E-state index is 4.04. The summed E-state index contributed by atoms with van der Waals surface area (Å²) in [5.74, 6) is 0. The molecule has 0 spiro atoms. The lowest BCUT2D eigenvalue weighted by molar-refractivity contribution is 0.915. The lowest BCUT2D eigenvalue weighted by Crippen LogP contribution is -1.83. The van der Waals surface area contributed by atoms with Gasteiger partial charge in [0.2, 0.25) is 0 Å². The Hall–Kier alpha value is -0.780. The molecule has 18 heavy (non-hydrogen) atoms. The Morgan fingerprint density at radius 3 is 1.61 bits per heavy atom. The van der Waals surface area contributed by atoms with Gasteiger partial charge in [-0.2, -0.15) is 0 Å². The third-order valence-corrected chi connectivity index (χ3v) is 2.01. The van der Waals surface area contributed by atoms with Crippen molar-refractivity contribution in [1.29, 1.82) is 0 Å². The molecule has 0 aliphatic heterocycles. The minimum absolute atomic E-state index is 1.11. The predicted octanol–water partition coefficient (Wildman–Crippen LogP) is 7.33. The average Bonchev–Trinajstić information content (AvgIpc) is 2.45. The highest BCUT2D eigenvalue weighted by Crippen LogP contribution is 2.14. The van der Waals surface area contributed by atoms with Crippen molar-refractivity contribution in [2.45, 2.75) is 82.1 Å². The third-order valence-electron chi connectivity index (χ3n) is 2.01. The molecule has 0 bridgehead atoms. The van der Waals surface area contributed by atoms with Crippen LogP contribution in [0.15, 0.2) is 35.5 Å². The van der Waals surface area contributed by atoms with Gasteiger partial charge in [0.25, 0.3) is 0 Å². The van der Waals surface area contributed by atoms with Crippen LogP contribution in [0.3, 0.4) is 0 Å². The molecule has 0 atom stereocenters. The van der Waals surface area contributed by atoms with Crippen LogP contribution in [0.2, 0.25) is 0 Å². The molecule has 110 valence electrons. The van der Waals surface area contributed by atoms with Gasteiger partial charge in [0, 0.05) is 0 Å². The fraction of sp³-hybridized carbons (Fsp3) is 0.667. The van der Waals surface area contributed by atoms with Gasteiger partial charge in [0.1, 0.15) is 0 Å². The van der Waals surface area contributed by atoms with Crippen LogP contribution in [0.1, 0.15) is 82.1 Å². The number of hydrogen-bond donors (Lipinski definition) is 0. The van der Waals surface area contributed by atoms with E-state index in [1.165, 1.54) is 23.1 Å². The smallest absolute Gasteiger partial charge is 0.0285 e. The zero-order valence-electron chi connectivity index (χ0n) is 14.8. The molecule has 0 aromatic rings. The summed E-state index contributed by atoms with van der Waals surface area (Å²) in [4.78, 5) is 0. The molecule has 0 rings (SSSR count). The number of hydrogen-bond acceptors (Lipinski definition) is 0. The second-order valence-electron chi connectivity index (χ2n) is 3.21. The maximum Gasteiger partial charge on any atom is -0.0285 e. The third kappa shape index (κ3) is 20.6. The lowest BCUT2D eigenvalue weighted by Gasteiger charge is -2.03. The van der Waals surface area contributed by atoms with E-state index in [-0.39, 0.29) is 0 Å². The molecule has 0 aromatic carbocycles. The van der Waals surface area contributed by atoms with E-state index in [2.05, 4.69) is 46.4 Å². The Kier molecular flexibility index (Phi) is 36.2. The van der Waals surface area contributed by atoms with Crippen LogP contribution in [-0.2, 0) is 0 Å². The first kappa shape index (κ1) is 25.9. The van der Waals surface area contributed by atoms with Crippen molar-refractivity contribution in [1.82, 2.24) is 0 Å². The van der Waals surface area contributed by atoms with Crippen LogP contribution < -0.4 is 0 Å². The van der Waals surface area contributed by atoms with Gasteiger partial charge < -0.3 is 0 Å². The van der Waals surface area contributed by atoms with Gasteiger partial charge in [-0.1, -0.05) is 84.8 Å². The molecule has 0 fully saturated rings. The molecule has 0 unspecified atom stereocenters. The van der Waals surface area contributed by atoms with Crippen molar-refractivity contribution in [2.24, 2.45) is 0 Å². The molecule has 0 N–H and O–H groups in total. The van der Waals surface area contributed by atoms with E-state index >= 15 is 0 Å². The molecule has 0 heterocycles. The highest BCUT2D eigenvalue weighted by molar-refractivity contribution is 5.32. The van der Waals surface area contributed by atoms with E-state index in [1.807, 2.05) is 41.5 Å². The molecule has 0 aliphatic carbocycles. The molecule has 0 heteroatoms. The molecule has 0 nitrogen and oxygen atoms in total. The summed E-state index contributed by atoms with van der Waals surface area (Å²) in [6.45, 7) is 24.5. The minimum Gasteiger partial charge on any atom is -0.0956 e. The van der Waals surface area contributed by atoms with Crippen LogP contribution in [0.4, 0.5) is 0 Å². The van der Waals surface area contributed by atoms with Gasteiger partial charge in [0.05, 0.1) is 0 Å². The summed E-state index contributed by atoms with van der Waals surface area (Å²) < 4.78 is 0. The Balaban J connectivity index is -0.000000141. The standard InChI is InChI=1S/C12H20.3C2H6/c1-6-8-11(4)12(5)9-10(3)7-2;3*1-2/h7,9H,4,6,8H2,1-3,5H3;3*1-2H3/b10-7-,12-9-;;;. The molecular weight excluding hydrogens is 216 g/mol. The molecular formula is C18H38. The van der Waals surface area contributed by atoms with Gasteiger partial charge in [-0.3, -0.25) is 0 Å². The van der Waals surface area contributed by atoms with Crippen LogP contribution in [0, 0.1) is 0 Å². The first-order valence-corrected chi connectivity index (χ1v) is 7.61. The SMILES string of the molecule is C=C(CCC)/C(C)=C\C(C)=C/C.CC.CC.CC. The summed E-state index contributed by atoms with van der Waals surface area (Å²) in [7, 11) is 0. The Labute approximate surface area is 118 Å². The van der Waals surface area contributed by atoms with Crippen LogP contribution in [-0.4, -0.2) is 0 Å². The van der Waals surface area contributed by atoms with Crippen molar-refractivity contribution in [3.05, 3.63) is 35.5 Å². The van der Waals surface area contributed by atoms with Gasteiger partial charge in [-0.25, -0.2) is 0 Å². The minimum atomic E-state index is 1.11. The topological polar surface area (TPSA) is 0 Å². The summed E-state index contributed by atoms with van der Waals surface area (Å²) in [5.41, 5.74) is 3.89. The summed E-state index contributed by atoms with van der Waals surface area (Å²) in [5, 5.41) is 0. The fourth-order valence-corrected chi connectivity index (χ4v) is 1.03. The highest BCUT2D eigenvalue weighted by Gasteiger charge is 1.94. The molecule has 0 saturated heterocycles. The van der Waals surface area contributed by atoms with Crippen LogP contribution in [0.25, 0.3) is 0 Å². The van der Waals surface area contributed by atoms with E-state index in [0.717, 1.165) is 6.42 Å². The number of allylic oxidation sites excluding steroid dienone is 5. The van der Waals surface area contributed by atoms with E-state index in [1.54, 1.807) is 0 Å². The van der Waals surface area contributed by atoms with Crippen molar-refractivity contribution in [2.75, 3.05) is 0 Å². The molecule has 0 radical (unpaired) electrons. The lowest BCUT2D eigenvalue weighted by atomic mass is 10.0. The molecule has 0 saturated carbocycles. The zero-order chi connectivity index (χ0) is 15.6. The second kappa shape index (κ2) is 25.2. The number of rotatable bonds is 4. The predicted molar refractivity (Wildman–Crippen MR) is 91.3 cm³/mol. The van der Waals surface area contributed by atoms with Gasteiger partial charge in [0.15, 0.2) is 0 Å². The van der Waals surface area contributed by atoms with E-state index in [4.69, 9.17) is 0 Å². The second-order valence-corrected chi connectivity index (χ2v) is 3.21. The van der Waals surface area contributed by atoms with Gasteiger partial charge >= 0.3 is 0 Å². The highest BCUT2D eigenvalue weighted by atomic mass is 14.0. The van der Waals surface area contributed by atoms with E-state index in [9.17, 15) is 0 Å². The first-order chi connectivity index (χ1) is 8.61. The van der Waals surface area contributed by atoms with Gasteiger partial charge in [-0.05, 0) is 32.8 Å². The van der Waals surface area contributed by atoms with E-state index < -0.39 is 0 Å². The molecule has 0 amide bonds. The van der Waals surface area contributed by atoms with Gasteiger partial charge in [-0.15, -0.1) is 0 Å². The van der Waals surface area contributed by atoms with Crippen molar-refractivity contribution in [3.8, 4) is 0 Å². The zero-order valence-corrected chi connectivity index (χ0v) is 14.8. The Morgan fingerprint density at radius 2 is 1.33 bits per heavy atom. The summed E-state index contributed by atoms with van der Waals surface area (Å²) in [6.07, 6.45) is 6.60. The van der Waals surface area contributed by atoms with Crippen LogP contribution in [0.5, 0.6) is 0 Å². The normalized spacial score (nSPS) is 9.89. The average molecular weight is 255 g/mol. The van der Waals surface area contributed by atoms with Crippen molar-refractivity contribution >= 4 is 0 Å².